The lowest BCUT2D eigenvalue weighted by Crippen LogP contribution is -2.54. The molecule has 0 bridgehead atoms. The molecule has 1 aromatic heterocycles. The van der Waals surface area contributed by atoms with Gasteiger partial charge in [0.25, 0.3) is 5.91 Å². The summed E-state index contributed by atoms with van der Waals surface area (Å²) < 4.78 is 10.7. The molecule has 2 amide bonds. The maximum atomic E-state index is 13.5. The quantitative estimate of drug-likeness (QED) is 0.731. The fraction of sp³-hybridized carbons (Fsp3) is 0.304. The molecule has 31 heavy (non-hydrogen) atoms. The van der Waals surface area contributed by atoms with Gasteiger partial charge in [0.05, 0.1) is 24.4 Å². The molecule has 1 unspecified atom stereocenters. The summed E-state index contributed by atoms with van der Waals surface area (Å²) in [5, 5.41) is 13.3. The fourth-order valence-electron chi connectivity index (χ4n) is 4.06. The van der Waals surface area contributed by atoms with Gasteiger partial charge in [0.15, 0.2) is 6.23 Å². The topological polar surface area (TPSA) is 79.3 Å². The van der Waals surface area contributed by atoms with Crippen LogP contribution in [0.5, 0.6) is 5.75 Å². The predicted molar refractivity (Wildman–Crippen MR) is 119 cm³/mol. The van der Waals surface area contributed by atoms with E-state index in [0.29, 0.717) is 24.4 Å². The molecule has 1 aromatic carbocycles. The van der Waals surface area contributed by atoms with Gasteiger partial charge in [0, 0.05) is 11.4 Å². The SMILES string of the molecule is C=CCOC(=O)N1c2cc(C)c(OC)cc2C(=O)N2CC=C(c3cccs3)C[C@H]2C1O. The Hall–Kier alpha value is -3.10. The van der Waals surface area contributed by atoms with Crippen LogP contribution in [0.15, 0.2) is 48.4 Å². The van der Waals surface area contributed by atoms with Gasteiger partial charge in [-0.15, -0.1) is 11.3 Å². The number of aliphatic hydroxyl groups excluding tert-OH is 1. The van der Waals surface area contributed by atoms with Gasteiger partial charge in [0.1, 0.15) is 12.4 Å². The number of ether oxygens (including phenoxy) is 2. The number of benzene rings is 1. The normalized spacial score (nSPS) is 20.4. The molecule has 7 nitrogen and oxygen atoms in total. The van der Waals surface area contributed by atoms with E-state index >= 15 is 0 Å². The molecule has 0 aliphatic carbocycles. The van der Waals surface area contributed by atoms with Crippen LogP contribution >= 0.6 is 11.3 Å². The van der Waals surface area contributed by atoms with Crippen molar-refractivity contribution in [3.63, 3.8) is 0 Å². The van der Waals surface area contributed by atoms with Crippen LogP contribution in [0.2, 0.25) is 0 Å². The van der Waals surface area contributed by atoms with Crippen molar-refractivity contribution in [2.75, 3.05) is 25.2 Å². The second-order valence-electron chi connectivity index (χ2n) is 7.42. The van der Waals surface area contributed by atoms with E-state index in [2.05, 4.69) is 6.58 Å². The predicted octanol–water partition coefficient (Wildman–Crippen LogP) is 3.82. The summed E-state index contributed by atoms with van der Waals surface area (Å²) in [5.74, 6) is 0.268. The Kier molecular flexibility index (Phi) is 5.84. The molecule has 0 radical (unpaired) electrons. The Morgan fingerprint density at radius 3 is 2.90 bits per heavy atom. The molecule has 8 heteroatoms. The largest absolute Gasteiger partial charge is 0.496 e. The fourth-order valence-corrected chi connectivity index (χ4v) is 4.84. The first-order chi connectivity index (χ1) is 15.0. The molecule has 4 rings (SSSR count). The van der Waals surface area contributed by atoms with Crippen molar-refractivity contribution in [3.05, 3.63) is 64.4 Å². The second-order valence-corrected chi connectivity index (χ2v) is 8.37. The summed E-state index contributed by atoms with van der Waals surface area (Å²) in [6, 6.07) is 6.65. The van der Waals surface area contributed by atoms with E-state index in [1.165, 1.54) is 18.1 Å². The van der Waals surface area contributed by atoms with E-state index in [4.69, 9.17) is 9.47 Å². The van der Waals surface area contributed by atoms with Gasteiger partial charge in [-0.25, -0.2) is 9.69 Å². The number of aliphatic hydroxyl groups is 1. The average Bonchev–Trinajstić information content (AvgIpc) is 3.29. The van der Waals surface area contributed by atoms with Crippen LogP contribution in [0.1, 0.15) is 27.2 Å². The Bertz CT molecular complexity index is 1050. The molecular weight excluding hydrogens is 416 g/mol. The van der Waals surface area contributed by atoms with Crippen LogP contribution in [0.4, 0.5) is 10.5 Å². The summed E-state index contributed by atoms with van der Waals surface area (Å²) >= 11 is 1.60. The van der Waals surface area contributed by atoms with Gasteiger partial charge in [0.2, 0.25) is 0 Å². The van der Waals surface area contributed by atoms with E-state index in [0.717, 1.165) is 16.0 Å². The number of fused-ring (bicyclic) bond motifs is 2. The average molecular weight is 441 g/mol. The zero-order valence-electron chi connectivity index (χ0n) is 17.4. The van der Waals surface area contributed by atoms with Crippen LogP contribution in [0.3, 0.4) is 0 Å². The van der Waals surface area contributed by atoms with Crippen LogP contribution < -0.4 is 9.64 Å². The van der Waals surface area contributed by atoms with Gasteiger partial charge < -0.3 is 19.5 Å². The number of amides is 2. The Morgan fingerprint density at radius 2 is 2.23 bits per heavy atom. The van der Waals surface area contributed by atoms with Gasteiger partial charge in [-0.05, 0) is 48.1 Å². The first-order valence-electron chi connectivity index (χ1n) is 9.93. The van der Waals surface area contributed by atoms with Gasteiger partial charge in [-0.1, -0.05) is 24.8 Å². The standard InChI is InChI=1S/C23H24N2O5S/c1-4-9-30-23(28)25-17-11-14(2)19(29-3)13-16(17)21(26)24-8-7-15(12-18(24)22(25)27)20-6-5-10-31-20/h4-7,10-11,13,18,22,27H,1,8-9,12H2,2-3H3/t18-,22?/m0/s1. The Labute approximate surface area is 184 Å². The van der Waals surface area contributed by atoms with E-state index < -0.39 is 18.4 Å². The summed E-state index contributed by atoms with van der Waals surface area (Å²) in [5.41, 5.74) is 2.37. The molecule has 2 aliphatic heterocycles. The van der Waals surface area contributed by atoms with Crippen molar-refractivity contribution in [1.29, 1.82) is 0 Å². The Morgan fingerprint density at radius 1 is 1.42 bits per heavy atom. The number of aryl methyl sites for hydroxylation is 1. The highest BCUT2D eigenvalue weighted by Gasteiger charge is 2.44. The molecular formula is C23H24N2O5S. The third kappa shape index (κ3) is 3.73. The van der Waals surface area contributed by atoms with Gasteiger partial charge in [-0.3, -0.25) is 4.79 Å². The van der Waals surface area contributed by atoms with E-state index in [-0.39, 0.29) is 18.1 Å². The molecule has 2 atom stereocenters. The number of nitrogens with zero attached hydrogens (tertiary/aromatic N) is 2. The highest BCUT2D eigenvalue weighted by atomic mass is 32.1. The third-order valence-electron chi connectivity index (χ3n) is 5.60. The molecule has 3 heterocycles. The number of thiophene rings is 1. The van der Waals surface area contributed by atoms with Crippen LogP contribution in [0, 0.1) is 6.92 Å². The van der Waals surface area contributed by atoms with Crippen molar-refractivity contribution in [3.8, 4) is 5.75 Å². The minimum absolute atomic E-state index is 0.00476. The van der Waals surface area contributed by atoms with E-state index in [9.17, 15) is 14.7 Å². The lowest BCUT2D eigenvalue weighted by molar-refractivity contribution is 0.0397. The number of hydrogen-bond donors (Lipinski definition) is 1. The van der Waals surface area contributed by atoms with Crippen molar-refractivity contribution in [1.82, 2.24) is 4.90 Å². The number of carbonyl (C=O) groups is 2. The molecule has 0 saturated carbocycles. The van der Waals surface area contributed by atoms with Crippen molar-refractivity contribution >= 4 is 34.6 Å². The monoisotopic (exact) mass is 440 g/mol. The molecule has 2 aliphatic rings. The van der Waals surface area contributed by atoms with Gasteiger partial charge >= 0.3 is 6.09 Å². The maximum absolute atomic E-state index is 13.5. The van der Waals surface area contributed by atoms with Crippen molar-refractivity contribution in [2.45, 2.75) is 25.6 Å². The molecule has 0 spiro atoms. The number of hydrogen-bond acceptors (Lipinski definition) is 6. The second kappa shape index (κ2) is 8.56. The highest BCUT2D eigenvalue weighted by molar-refractivity contribution is 7.11. The molecule has 0 saturated heterocycles. The zero-order chi connectivity index (χ0) is 22.1. The maximum Gasteiger partial charge on any atom is 0.416 e. The Balaban J connectivity index is 1.82. The first kappa shape index (κ1) is 21.1. The van der Waals surface area contributed by atoms with Gasteiger partial charge in [-0.2, -0.15) is 0 Å². The zero-order valence-corrected chi connectivity index (χ0v) is 18.2. The number of rotatable bonds is 4. The summed E-state index contributed by atoms with van der Waals surface area (Å²) in [6.07, 6.45) is 1.86. The highest BCUT2D eigenvalue weighted by Crippen LogP contribution is 2.39. The van der Waals surface area contributed by atoms with Crippen molar-refractivity contribution in [2.24, 2.45) is 0 Å². The summed E-state index contributed by atoms with van der Waals surface area (Å²) in [7, 11) is 1.53. The third-order valence-corrected chi connectivity index (χ3v) is 6.54. The smallest absolute Gasteiger partial charge is 0.416 e. The molecule has 2 aromatic rings. The summed E-state index contributed by atoms with van der Waals surface area (Å²) in [4.78, 5) is 30.3. The number of carbonyl (C=O) groups excluding carboxylic acids is 2. The lowest BCUT2D eigenvalue weighted by atomic mass is 9.97. The van der Waals surface area contributed by atoms with E-state index in [1.807, 2.05) is 30.5 Å². The van der Waals surface area contributed by atoms with E-state index in [1.54, 1.807) is 28.4 Å². The van der Waals surface area contributed by atoms with Crippen LogP contribution in [-0.2, 0) is 4.74 Å². The molecule has 0 fully saturated rings. The number of methoxy groups -OCH3 is 1. The molecule has 1 N–H and O–H groups in total. The van der Waals surface area contributed by atoms with Crippen LogP contribution in [-0.4, -0.2) is 54.5 Å². The summed E-state index contributed by atoms with van der Waals surface area (Å²) in [6.45, 7) is 5.71. The first-order valence-corrected chi connectivity index (χ1v) is 10.8. The van der Waals surface area contributed by atoms with Crippen LogP contribution in [0.25, 0.3) is 5.57 Å². The lowest BCUT2D eigenvalue weighted by Gasteiger charge is -2.38. The minimum atomic E-state index is -1.28. The molecule has 162 valence electrons. The van der Waals surface area contributed by atoms with Crippen molar-refractivity contribution < 1.29 is 24.2 Å². The number of anilines is 1. The minimum Gasteiger partial charge on any atom is -0.496 e.